The van der Waals surface area contributed by atoms with Gasteiger partial charge in [-0.3, -0.25) is 4.79 Å². The lowest BCUT2D eigenvalue weighted by molar-refractivity contribution is -0.118. The molecule has 160 valence electrons. The molecule has 0 fully saturated rings. The van der Waals surface area contributed by atoms with Gasteiger partial charge in [-0.2, -0.15) is 0 Å². The first-order valence-electron chi connectivity index (χ1n) is 10.2. The van der Waals surface area contributed by atoms with Crippen LogP contribution in [0.1, 0.15) is 11.3 Å². The molecule has 0 spiro atoms. The molecule has 0 saturated heterocycles. The summed E-state index contributed by atoms with van der Waals surface area (Å²) in [7, 11) is 1.81. The van der Waals surface area contributed by atoms with E-state index in [2.05, 4.69) is 20.4 Å². The molecule has 8 nitrogen and oxygen atoms in total. The Kier molecular flexibility index (Phi) is 4.82. The first-order valence-corrected chi connectivity index (χ1v) is 10.2. The van der Waals surface area contributed by atoms with Gasteiger partial charge in [-0.25, -0.2) is 14.6 Å². The molecule has 0 aliphatic rings. The lowest BCUT2D eigenvalue weighted by atomic mass is 10.2. The summed E-state index contributed by atoms with van der Waals surface area (Å²) in [6.07, 6.45) is 0. The lowest BCUT2D eigenvalue weighted by Crippen LogP contribution is -2.20. The van der Waals surface area contributed by atoms with Gasteiger partial charge >= 0.3 is 0 Å². The van der Waals surface area contributed by atoms with Crippen LogP contribution in [-0.4, -0.2) is 32.3 Å². The molecule has 0 atom stereocenters. The first kappa shape index (κ1) is 19.7. The van der Waals surface area contributed by atoms with Gasteiger partial charge in [0.1, 0.15) is 5.52 Å². The number of carbonyl (C=O) groups is 1. The molecule has 32 heavy (non-hydrogen) atoms. The zero-order chi connectivity index (χ0) is 22.2. The van der Waals surface area contributed by atoms with Crippen LogP contribution in [0, 0.1) is 13.8 Å². The Morgan fingerprint density at radius 1 is 1.09 bits per heavy atom. The van der Waals surface area contributed by atoms with E-state index in [1.807, 2.05) is 56.3 Å². The molecule has 5 rings (SSSR count). The van der Waals surface area contributed by atoms with Crippen molar-refractivity contribution in [3.63, 3.8) is 0 Å². The van der Waals surface area contributed by atoms with E-state index in [0.717, 1.165) is 39.0 Å². The number of nitrogens with zero attached hydrogens (tertiary/aromatic N) is 4. The maximum atomic E-state index is 12.4. The Morgan fingerprint density at radius 2 is 1.88 bits per heavy atom. The summed E-state index contributed by atoms with van der Waals surface area (Å²) in [6.45, 7) is 3.75. The molecule has 8 heteroatoms. The summed E-state index contributed by atoms with van der Waals surface area (Å²) in [4.78, 5) is 21.4. The number of hydrogen-bond acceptors (Lipinski definition) is 6. The molecular formula is C24H21N5O3. The van der Waals surface area contributed by atoms with Crippen molar-refractivity contribution in [2.75, 3.05) is 11.9 Å². The fourth-order valence-corrected chi connectivity index (χ4v) is 3.67. The molecule has 0 saturated carbocycles. The van der Waals surface area contributed by atoms with Crippen LogP contribution in [0.4, 0.5) is 5.69 Å². The number of benzene rings is 2. The number of aromatic nitrogens is 4. The Balaban J connectivity index is 1.26. The minimum Gasteiger partial charge on any atom is -0.466 e. The van der Waals surface area contributed by atoms with E-state index in [-0.39, 0.29) is 12.5 Å². The zero-order valence-corrected chi connectivity index (χ0v) is 17.9. The van der Waals surface area contributed by atoms with Crippen LogP contribution in [0.15, 0.2) is 59.0 Å². The Morgan fingerprint density at radius 3 is 2.66 bits per heavy atom. The number of pyridine rings is 1. The molecule has 0 unspecified atom stereocenters. The van der Waals surface area contributed by atoms with E-state index in [9.17, 15) is 4.79 Å². The maximum absolute atomic E-state index is 12.4. The number of ether oxygens (including phenoxy) is 1. The number of para-hydroxylation sites is 2. The Bertz CT molecular complexity index is 1420. The number of anilines is 1. The summed E-state index contributed by atoms with van der Waals surface area (Å²) in [6, 6.07) is 16.9. The van der Waals surface area contributed by atoms with E-state index >= 15 is 0 Å². The predicted molar refractivity (Wildman–Crippen MR) is 122 cm³/mol. The number of carbonyl (C=O) groups excluding carboxylic acids is 1. The Hall–Kier alpha value is -4.20. The topological polar surface area (TPSA) is 95.1 Å². The second kappa shape index (κ2) is 7.81. The molecular weight excluding hydrogens is 406 g/mol. The largest absolute Gasteiger partial charge is 0.466 e. The van der Waals surface area contributed by atoms with Crippen molar-refractivity contribution in [2.24, 2.45) is 7.05 Å². The van der Waals surface area contributed by atoms with E-state index in [1.165, 1.54) is 0 Å². The van der Waals surface area contributed by atoms with Crippen LogP contribution in [0.2, 0.25) is 0 Å². The van der Waals surface area contributed by atoms with Crippen molar-refractivity contribution in [1.29, 1.82) is 0 Å². The lowest BCUT2D eigenvalue weighted by Gasteiger charge is -2.07. The van der Waals surface area contributed by atoms with Gasteiger partial charge in [0, 0.05) is 24.0 Å². The number of nitrogens with one attached hydrogen (secondary N) is 1. The van der Waals surface area contributed by atoms with Gasteiger partial charge < -0.3 is 14.5 Å². The highest BCUT2D eigenvalue weighted by molar-refractivity contribution is 5.92. The molecule has 3 aromatic heterocycles. The highest BCUT2D eigenvalue weighted by atomic mass is 16.5. The average molecular weight is 427 g/mol. The molecule has 5 aromatic rings. The number of hydrogen-bond donors (Lipinski definition) is 1. The molecule has 0 radical (unpaired) electrons. The minimum atomic E-state index is -0.281. The SMILES string of the molecule is Cc1cc(C)c2c(OCC(=O)Nc3ccc(-c4nc5ccccc5o4)cc3)nn(C)c2n1. The second-order valence-electron chi connectivity index (χ2n) is 7.61. The van der Waals surface area contributed by atoms with Crippen molar-refractivity contribution in [3.05, 3.63) is 65.9 Å². The highest BCUT2D eigenvalue weighted by Gasteiger charge is 2.16. The monoisotopic (exact) mass is 427 g/mol. The summed E-state index contributed by atoms with van der Waals surface area (Å²) in [5.74, 6) is 0.652. The van der Waals surface area contributed by atoms with Gasteiger partial charge in [0.25, 0.3) is 5.91 Å². The molecule has 1 amide bonds. The van der Waals surface area contributed by atoms with Gasteiger partial charge in [0.15, 0.2) is 17.8 Å². The van der Waals surface area contributed by atoms with Crippen molar-refractivity contribution in [2.45, 2.75) is 13.8 Å². The molecule has 0 aliphatic heterocycles. The van der Waals surface area contributed by atoms with E-state index in [0.29, 0.717) is 17.5 Å². The number of fused-ring (bicyclic) bond motifs is 2. The van der Waals surface area contributed by atoms with Crippen LogP contribution < -0.4 is 10.1 Å². The highest BCUT2D eigenvalue weighted by Crippen LogP contribution is 2.27. The van der Waals surface area contributed by atoms with Crippen molar-refractivity contribution in [1.82, 2.24) is 19.7 Å². The van der Waals surface area contributed by atoms with Gasteiger partial charge in [-0.15, -0.1) is 5.10 Å². The number of rotatable bonds is 5. The number of amides is 1. The maximum Gasteiger partial charge on any atom is 0.262 e. The van der Waals surface area contributed by atoms with Gasteiger partial charge in [-0.1, -0.05) is 12.1 Å². The number of aryl methyl sites for hydroxylation is 3. The van der Waals surface area contributed by atoms with Gasteiger partial charge in [0.2, 0.25) is 11.8 Å². The van der Waals surface area contributed by atoms with Crippen LogP contribution in [-0.2, 0) is 11.8 Å². The van der Waals surface area contributed by atoms with E-state index < -0.39 is 0 Å². The molecule has 3 heterocycles. The summed E-state index contributed by atoms with van der Waals surface area (Å²) < 4.78 is 13.2. The quantitative estimate of drug-likeness (QED) is 0.446. The van der Waals surface area contributed by atoms with Crippen molar-refractivity contribution in [3.8, 4) is 17.3 Å². The van der Waals surface area contributed by atoms with E-state index in [1.54, 1.807) is 23.9 Å². The minimum absolute atomic E-state index is 0.160. The third kappa shape index (κ3) is 3.66. The van der Waals surface area contributed by atoms with Crippen LogP contribution in [0.3, 0.4) is 0 Å². The zero-order valence-electron chi connectivity index (χ0n) is 17.9. The third-order valence-electron chi connectivity index (χ3n) is 5.14. The standard InChI is InChI=1S/C24H21N5O3/c1-14-12-15(2)25-22-21(14)24(28-29(22)3)31-13-20(30)26-17-10-8-16(9-11-17)23-27-18-6-4-5-7-19(18)32-23/h4-12H,13H2,1-3H3,(H,26,30). The molecule has 2 aromatic carbocycles. The number of oxazole rings is 1. The summed E-state index contributed by atoms with van der Waals surface area (Å²) >= 11 is 0. The second-order valence-corrected chi connectivity index (χ2v) is 7.61. The first-order chi connectivity index (χ1) is 15.5. The fraction of sp³-hybridized carbons (Fsp3) is 0.167. The third-order valence-corrected chi connectivity index (χ3v) is 5.14. The van der Waals surface area contributed by atoms with Crippen LogP contribution in [0.5, 0.6) is 5.88 Å². The fourth-order valence-electron chi connectivity index (χ4n) is 3.67. The molecule has 0 aliphatic carbocycles. The summed E-state index contributed by atoms with van der Waals surface area (Å²) in [5.41, 5.74) is 5.66. The van der Waals surface area contributed by atoms with Gasteiger partial charge in [0.05, 0.1) is 5.39 Å². The van der Waals surface area contributed by atoms with Crippen molar-refractivity contribution >= 4 is 33.7 Å². The van der Waals surface area contributed by atoms with E-state index in [4.69, 9.17) is 9.15 Å². The Labute approximate surface area is 183 Å². The smallest absolute Gasteiger partial charge is 0.262 e. The van der Waals surface area contributed by atoms with Crippen LogP contribution in [0.25, 0.3) is 33.6 Å². The average Bonchev–Trinajstić information content (AvgIpc) is 3.34. The van der Waals surface area contributed by atoms with Gasteiger partial charge in [-0.05, 0) is 61.9 Å². The van der Waals surface area contributed by atoms with Crippen molar-refractivity contribution < 1.29 is 13.9 Å². The van der Waals surface area contributed by atoms with Crippen LogP contribution >= 0.6 is 0 Å². The molecule has 0 bridgehead atoms. The summed E-state index contributed by atoms with van der Waals surface area (Å²) in [5, 5.41) is 8.01. The molecule has 1 N–H and O–H groups in total. The predicted octanol–water partition coefficient (Wildman–Crippen LogP) is 4.41. The normalized spacial score (nSPS) is 11.2.